The minimum atomic E-state index is -5.11. The molecule has 0 bridgehead atoms. The van der Waals surface area contributed by atoms with Gasteiger partial charge in [-0.25, -0.2) is 8.78 Å². The number of alkyl halides is 4. The largest absolute Gasteiger partial charge is 0.491 e. The number of hydrogen-bond acceptors (Lipinski definition) is 3. The highest BCUT2D eigenvalue weighted by molar-refractivity contribution is 5.80. The van der Waals surface area contributed by atoms with Crippen molar-refractivity contribution in [2.75, 3.05) is 13.2 Å². The van der Waals surface area contributed by atoms with Gasteiger partial charge >= 0.3 is 12.1 Å². The highest BCUT2D eigenvalue weighted by Crippen LogP contribution is 2.51. The summed E-state index contributed by atoms with van der Waals surface area (Å²) >= 11 is 0. The number of amides is 1. The molecule has 40 heavy (non-hydrogen) atoms. The number of likely N-dealkylation sites (tertiary alicyclic amines) is 1. The third-order valence-corrected chi connectivity index (χ3v) is 9.17. The maximum absolute atomic E-state index is 14.9. The van der Waals surface area contributed by atoms with Crippen molar-refractivity contribution >= 4 is 11.9 Å². The van der Waals surface area contributed by atoms with E-state index in [0.29, 0.717) is 64.0 Å². The van der Waals surface area contributed by atoms with Crippen LogP contribution in [0.15, 0.2) is 42.5 Å². The lowest BCUT2D eigenvalue weighted by molar-refractivity contribution is -0.228. The molecular weight excluding hydrogens is 533 g/mol. The monoisotopic (exact) mass is 565 g/mol. The SMILES string of the molecule is CC(F)(c1ccc2c(c1)OCC1N(C(=O)[C@H]3CC[C@H](C(=O)O)CC3)CCCC21Cc1ccc(F)cc1)C(F)(F)F. The van der Waals surface area contributed by atoms with Gasteiger partial charge in [0.25, 0.3) is 0 Å². The Labute approximate surface area is 229 Å². The number of rotatable bonds is 5. The number of carbonyl (C=O) groups excluding carboxylic acids is 1. The van der Waals surface area contributed by atoms with Gasteiger partial charge in [-0.2, -0.15) is 13.2 Å². The van der Waals surface area contributed by atoms with Gasteiger partial charge in [-0.05, 0) is 75.6 Å². The van der Waals surface area contributed by atoms with Gasteiger partial charge in [0.2, 0.25) is 11.6 Å². The lowest BCUT2D eigenvalue weighted by Gasteiger charge is -2.54. The molecule has 1 saturated heterocycles. The number of piperidine rings is 1. The van der Waals surface area contributed by atoms with Crippen LogP contribution in [-0.2, 0) is 27.1 Å². The van der Waals surface area contributed by atoms with E-state index in [1.807, 2.05) is 0 Å². The molecule has 0 spiro atoms. The van der Waals surface area contributed by atoms with Crippen molar-refractivity contribution in [3.05, 3.63) is 65.0 Å². The van der Waals surface area contributed by atoms with Crippen LogP contribution in [-0.4, -0.2) is 47.3 Å². The topological polar surface area (TPSA) is 66.8 Å². The Balaban J connectivity index is 1.52. The van der Waals surface area contributed by atoms with E-state index in [1.54, 1.807) is 17.0 Å². The third-order valence-electron chi connectivity index (χ3n) is 9.17. The molecular formula is C30H32F5NO4. The highest BCUT2D eigenvalue weighted by Gasteiger charge is 2.55. The fourth-order valence-electron chi connectivity index (χ4n) is 6.78. The molecule has 3 aliphatic rings. The Morgan fingerprint density at radius 3 is 2.30 bits per heavy atom. The van der Waals surface area contributed by atoms with Crippen LogP contribution in [0.2, 0.25) is 0 Å². The molecule has 3 unspecified atom stereocenters. The second-order valence-electron chi connectivity index (χ2n) is 11.5. The standard InChI is InChI=1S/C30H32F5NO4/c1-28(32,30(33,34)35)21-9-12-23-24(15-21)40-17-25-29(23,16-18-3-10-22(31)11-4-18)13-2-14-36(25)26(37)19-5-7-20(8-6-19)27(38)39/h3-4,9-12,15,19-20,25H,2,5-8,13-14,16-17H2,1H3,(H,38,39)/t19-,20-,25?,28?,29?. The van der Waals surface area contributed by atoms with Gasteiger partial charge < -0.3 is 14.7 Å². The van der Waals surface area contributed by atoms with Crippen LogP contribution < -0.4 is 4.74 Å². The fraction of sp³-hybridized carbons (Fsp3) is 0.533. The molecule has 5 nitrogen and oxygen atoms in total. The average Bonchev–Trinajstić information content (AvgIpc) is 2.92. The molecule has 0 radical (unpaired) electrons. The molecule has 1 saturated carbocycles. The van der Waals surface area contributed by atoms with Crippen molar-refractivity contribution in [1.29, 1.82) is 0 Å². The van der Waals surface area contributed by atoms with Crippen LogP contribution in [0, 0.1) is 17.7 Å². The summed E-state index contributed by atoms with van der Waals surface area (Å²) in [7, 11) is 0. The second-order valence-corrected chi connectivity index (χ2v) is 11.5. The first kappa shape index (κ1) is 28.4. The number of carboxylic acid groups (broad SMARTS) is 1. The number of fused-ring (bicyclic) bond motifs is 3. The Hall–Kier alpha value is -3.17. The van der Waals surface area contributed by atoms with Crippen LogP contribution in [0.5, 0.6) is 5.75 Å². The Morgan fingerprint density at radius 2 is 1.68 bits per heavy atom. The van der Waals surface area contributed by atoms with Gasteiger partial charge in [0.15, 0.2) is 0 Å². The Bertz CT molecular complexity index is 1270. The van der Waals surface area contributed by atoms with Crippen molar-refractivity contribution in [1.82, 2.24) is 4.90 Å². The lowest BCUT2D eigenvalue weighted by Crippen LogP contribution is -2.62. The van der Waals surface area contributed by atoms with Crippen molar-refractivity contribution < 1.29 is 41.4 Å². The maximum Gasteiger partial charge on any atom is 0.426 e. The number of carboxylic acids is 1. The summed E-state index contributed by atoms with van der Waals surface area (Å²) in [5, 5.41) is 9.34. The summed E-state index contributed by atoms with van der Waals surface area (Å²) < 4.78 is 75.0. The fourth-order valence-corrected chi connectivity index (χ4v) is 6.78. The van der Waals surface area contributed by atoms with E-state index in [2.05, 4.69) is 0 Å². The minimum Gasteiger partial charge on any atom is -0.491 e. The van der Waals surface area contributed by atoms with E-state index < -0.39 is 46.6 Å². The molecule has 1 aliphatic carbocycles. The summed E-state index contributed by atoms with van der Waals surface area (Å²) in [5.74, 6) is -1.95. The predicted octanol–water partition coefficient (Wildman–Crippen LogP) is 6.33. The smallest absolute Gasteiger partial charge is 0.426 e. The van der Waals surface area contributed by atoms with E-state index >= 15 is 0 Å². The molecule has 2 aromatic carbocycles. The molecule has 1 N–H and O–H groups in total. The number of carbonyl (C=O) groups is 2. The van der Waals surface area contributed by atoms with Gasteiger partial charge in [-0.1, -0.05) is 24.3 Å². The third kappa shape index (κ3) is 4.94. The van der Waals surface area contributed by atoms with Crippen molar-refractivity contribution in [3.63, 3.8) is 0 Å². The first-order chi connectivity index (χ1) is 18.8. The van der Waals surface area contributed by atoms with E-state index in [9.17, 15) is 36.6 Å². The molecule has 5 rings (SSSR count). The van der Waals surface area contributed by atoms with Crippen LogP contribution in [0.1, 0.15) is 62.1 Å². The molecule has 2 heterocycles. The quantitative estimate of drug-likeness (QED) is 0.431. The Kier molecular flexibility index (Phi) is 7.33. The van der Waals surface area contributed by atoms with Gasteiger partial charge in [0.05, 0.1) is 12.0 Å². The number of ether oxygens (including phenoxy) is 1. The second kappa shape index (κ2) is 10.3. The van der Waals surface area contributed by atoms with Gasteiger partial charge in [-0.15, -0.1) is 0 Å². The predicted molar refractivity (Wildman–Crippen MR) is 136 cm³/mol. The summed E-state index contributed by atoms with van der Waals surface area (Å²) in [6.07, 6.45) is -1.71. The van der Waals surface area contributed by atoms with E-state index in [4.69, 9.17) is 4.74 Å². The van der Waals surface area contributed by atoms with Gasteiger partial charge in [-0.3, -0.25) is 9.59 Å². The summed E-state index contributed by atoms with van der Waals surface area (Å²) in [5.41, 5.74) is -3.49. The number of nitrogens with zero attached hydrogens (tertiary/aromatic N) is 1. The summed E-state index contributed by atoms with van der Waals surface area (Å²) in [6, 6.07) is 9.27. The van der Waals surface area contributed by atoms with Crippen molar-refractivity contribution in [2.24, 2.45) is 11.8 Å². The van der Waals surface area contributed by atoms with Crippen LogP contribution in [0.25, 0.3) is 0 Å². The van der Waals surface area contributed by atoms with E-state index in [-0.39, 0.29) is 24.2 Å². The summed E-state index contributed by atoms with van der Waals surface area (Å²) in [4.78, 5) is 27.0. The molecule has 10 heteroatoms. The molecule has 2 aliphatic heterocycles. The maximum atomic E-state index is 14.9. The summed E-state index contributed by atoms with van der Waals surface area (Å²) in [6.45, 7) is 0.971. The number of hydrogen-bond donors (Lipinski definition) is 1. The number of aliphatic carboxylic acids is 1. The molecule has 1 amide bonds. The zero-order valence-electron chi connectivity index (χ0n) is 22.1. The molecule has 216 valence electrons. The molecule has 2 fully saturated rings. The van der Waals surface area contributed by atoms with E-state index in [1.165, 1.54) is 18.2 Å². The first-order valence-electron chi connectivity index (χ1n) is 13.6. The lowest BCUT2D eigenvalue weighted by atomic mass is 9.63. The number of benzene rings is 2. The average molecular weight is 566 g/mol. The first-order valence-corrected chi connectivity index (χ1v) is 13.6. The zero-order chi connectivity index (χ0) is 28.9. The molecule has 2 aromatic rings. The Morgan fingerprint density at radius 1 is 1.02 bits per heavy atom. The molecule has 3 atom stereocenters. The van der Waals surface area contributed by atoms with Crippen LogP contribution in [0.4, 0.5) is 22.0 Å². The normalized spacial score (nSPS) is 28.1. The zero-order valence-corrected chi connectivity index (χ0v) is 22.1. The van der Waals surface area contributed by atoms with Crippen LogP contribution in [0.3, 0.4) is 0 Å². The van der Waals surface area contributed by atoms with Crippen molar-refractivity contribution in [2.45, 2.75) is 75.2 Å². The van der Waals surface area contributed by atoms with Crippen LogP contribution >= 0.6 is 0 Å². The highest BCUT2D eigenvalue weighted by atomic mass is 19.4. The minimum absolute atomic E-state index is 0.0167. The van der Waals surface area contributed by atoms with Crippen molar-refractivity contribution in [3.8, 4) is 5.75 Å². The van der Waals surface area contributed by atoms with Gasteiger partial charge in [0, 0.05) is 29.0 Å². The molecule has 0 aromatic heterocycles. The number of halogens is 5. The van der Waals surface area contributed by atoms with Gasteiger partial charge in [0.1, 0.15) is 18.2 Å². The van der Waals surface area contributed by atoms with E-state index in [0.717, 1.165) is 17.7 Å².